The predicted molar refractivity (Wildman–Crippen MR) is 72.2 cm³/mol. The lowest BCUT2D eigenvalue weighted by molar-refractivity contribution is -0.142. The highest BCUT2D eigenvalue weighted by molar-refractivity contribution is 5.83. The zero-order valence-electron chi connectivity index (χ0n) is 11.6. The largest absolute Gasteiger partial charge is 0.481 e. The molecule has 1 N–H and O–H groups in total. The maximum absolute atomic E-state index is 12.2. The first kappa shape index (κ1) is 14.2. The molecular weight excluding hydrogens is 260 g/mol. The predicted octanol–water partition coefficient (Wildman–Crippen LogP) is 0.234. The quantitative estimate of drug-likeness (QED) is 0.848. The molecule has 1 aliphatic rings. The van der Waals surface area contributed by atoms with Gasteiger partial charge in [0.15, 0.2) is 0 Å². The second-order valence-electron chi connectivity index (χ2n) is 4.97. The summed E-state index contributed by atoms with van der Waals surface area (Å²) in [7, 11) is 1.74. The lowest BCUT2D eigenvalue weighted by Crippen LogP contribution is -2.43. The Balaban J connectivity index is 1.97. The number of carbonyl (C=O) groups excluding carboxylic acids is 1. The van der Waals surface area contributed by atoms with Crippen molar-refractivity contribution < 1.29 is 14.7 Å². The van der Waals surface area contributed by atoms with E-state index in [1.807, 2.05) is 0 Å². The van der Waals surface area contributed by atoms with Gasteiger partial charge in [0.05, 0.1) is 12.5 Å². The highest BCUT2D eigenvalue weighted by Gasteiger charge is 2.38. The number of likely N-dealkylation sites (N-methyl/N-ethyl adjacent to an activating group) is 1. The standard InChI is InChI=1S/C13H18N4O3/c1-9-10(12(19)20)4-7-17(9)11(18)8-16(2)13-14-5-3-6-15-13/h3,5-6,9-10H,4,7-8H2,1-2H3,(H,19,20). The van der Waals surface area contributed by atoms with E-state index >= 15 is 0 Å². The van der Waals surface area contributed by atoms with E-state index in [9.17, 15) is 9.59 Å². The zero-order valence-corrected chi connectivity index (χ0v) is 11.6. The number of carboxylic acid groups (broad SMARTS) is 1. The van der Waals surface area contributed by atoms with Crippen LogP contribution in [0, 0.1) is 5.92 Å². The Morgan fingerprint density at radius 2 is 2.10 bits per heavy atom. The van der Waals surface area contributed by atoms with E-state index in [0.717, 1.165) is 0 Å². The van der Waals surface area contributed by atoms with Crippen LogP contribution in [-0.2, 0) is 9.59 Å². The molecule has 1 saturated heterocycles. The zero-order chi connectivity index (χ0) is 14.7. The second-order valence-corrected chi connectivity index (χ2v) is 4.97. The molecule has 0 spiro atoms. The van der Waals surface area contributed by atoms with Crippen LogP contribution in [-0.4, -0.2) is 58.0 Å². The number of hydrogen-bond acceptors (Lipinski definition) is 5. The molecule has 1 amide bonds. The number of carboxylic acids is 1. The van der Waals surface area contributed by atoms with E-state index in [1.54, 1.807) is 42.2 Å². The SMILES string of the molecule is CC1C(C(=O)O)CCN1C(=O)CN(C)c1ncccn1. The van der Waals surface area contributed by atoms with Crippen molar-refractivity contribution in [1.82, 2.24) is 14.9 Å². The number of aromatic nitrogens is 2. The Labute approximate surface area is 117 Å². The highest BCUT2D eigenvalue weighted by atomic mass is 16.4. The maximum Gasteiger partial charge on any atom is 0.308 e. The van der Waals surface area contributed by atoms with Crippen molar-refractivity contribution in [2.45, 2.75) is 19.4 Å². The van der Waals surface area contributed by atoms with Gasteiger partial charge in [0.25, 0.3) is 0 Å². The summed E-state index contributed by atoms with van der Waals surface area (Å²) in [5.74, 6) is -0.941. The van der Waals surface area contributed by atoms with Crippen LogP contribution in [0.25, 0.3) is 0 Å². The molecule has 0 aliphatic carbocycles. The van der Waals surface area contributed by atoms with Crippen molar-refractivity contribution in [1.29, 1.82) is 0 Å². The van der Waals surface area contributed by atoms with Gasteiger partial charge < -0.3 is 14.9 Å². The fourth-order valence-corrected chi connectivity index (χ4v) is 2.47. The van der Waals surface area contributed by atoms with Gasteiger partial charge in [0.1, 0.15) is 0 Å². The van der Waals surface area contributed by atoms with Gasteiger partial charge in [-0.3, -0.25) is 9.59 Å². The van der Waals surface area contributed by atoms with E-state index < -0.39 is 11.9 Å². The number of hydrogen-bond donors (Lipinski definition) is 1. The number of anilines is 1. The van der Waals surface area contributed by atoms with E-state index in [2.05, 4.69) is 9.97 Å². The van der Waals surface area contributed by atoms with Gasteiger partial charge in [-0.05, 0) is 19.4 Å². The van der Waals surface area contributed by atoms with Crippen LogP contribution in [0.15, 0.2) is 18.5 Å². The van der Waals surface area contributed by atoms with Gasteiger partial charge in [0.2, 0.25) is 11.9 Å². The molecule has 2 rings (SSSR count). The van der Waals surface area contributed by atoms with Crippen molar-refractivity contribution >= 4 is 17.8 Å². The molecule has 0 radical (unpaired) electrons. The van der Waals surface area contributed by atoms with Gasteiger partial charge >= 0.3 is 5.97 Å². The molecule has 1 aromatic heterocycles. The van der Waals surface area contributed by atoms with E-state index in [0.29, 0.717) is 18.9 Å². The topological polar surface area (TPSA) is 86.6 Å². The first-order valence-electron chi connectivity index (χ1n) is 6.51. The molecule has 108 valence electrons. The third-order valence-electron chi connectivity index (χ3n) is 3.66. The lowest BCUT2D eigenvalue weighted by Gasteiger charge is -2.26. The molecule has 1 aromatic rings. The van der Waals surface area contributed by atoms with Crippen LogP contribution in [0.1, 0.15) is 13.3 Å². The Morgan fingerprint density at radius 3 is 2.65 bits per heavy atom. The van der Waals surface area contributed by atoms with Crippen LogP contribution >= 0.6 is 0 Å². The van der Waals surface area contributed by atoms with E-state index in [4.69, 9.17) is 5.11 Å². The molecule has 1 fully saturated rings. The number of nitrogens with zero attached hydrogens (tertiary/aromatic N) is 4. The fourth-order valence-electron chi connectivity index (χ4n) is 2.47. The summed E-state index contributed by atoms with van der Waals surface area (Å²) in [6.45, 7) is 2.41. The normalized spacial score (nSPS) is 21.8. The summed E-state index contributed by atoms with van der Waals surface area (Å²) >= 11 is 0. The summed E-state index contributed by atoms with van der Waals surface area (Å²) < 4.78 is 0. The van der Waals surface area contributed by atoms with Crippen LogP contribution in [0.3, 0.4) is 0 Å². The third kappa shape index (κ3) is 2.87. The number of amides is 1. The summed E-state index contributed by atoms with van der Waals surface area (Å²) in [5, 5.41) is 9.07. The number of aliphatic carboxylic acids is 1. The molecule has 2 atom stereocenters. The summed E-state index contributed by atoms with van der Waals surface area (Å²) in [5.41, 5.74) is 0. The van der Waals surface area contributed by atoms with Gasteiger partial charge in [-0.25, -0.2) is 9.97 Å². The van der Waals surface area contributed by atoms with Crippen molar-refractivity contribution in [2.75, 3.05) is 25.0 Å². The van der Waals surface area contributed by atoms with Crippen molar-refractivity contribution in [3.05, 3.63) is 18.5 Å². The number of likely N-dealkylation sites (tertiary alicyclic amines) is 1. The lowest BCUT2D eigenvalue weighted by atomic mass is 10.0. The molecular formula is C13H18N4O3. The van der Waals surface area contributed by atoms with Gasteiger partial charge in [-0.1, -0.05) is 0 Å². The highest BCUT2D eigenvalue weighted by Crippen LogP contribution is 2.24. The van der Waals surface area contributed by atoms with Crippen LogP contribution < -0.4 is 4.90 Å². The molecule has 7 heteroatoms. The fraction of sp³-hybridized carbons (Fsp3) is 0.538. The molecule has 20 heavy (non-hydrogen) atoms. The van der Waals surface area contributed by atoms with Crippen LogP contribution in [0.5, 0.6) is 0 Å². The number of carbonyl (C=O) groups is 2. The average molecular weight is 278 g/mol. The molecule has 1 aliphatic heterocycles. The third-order valence-corrected chi connectivity index (χ3v) is 3.66. The minimum absolute atomic E-state index is 0.101. The Morgan fingerprint density at radius 1 is 1.45 bits per heavy atom. The smallest absolute Gasteiger partial charge is 0.308 e. The maximum atomic E-state index is 12.2. The van der Waals surface area contributed by atoms with E-state index in [-0.39, 0.29) is 18.5 Å². The van der Waals surface area contributed by atoms with Crippen molar-refractivity contribution in [3.8, 4) is 0 Å². The monoisotopic (exact) mass is 278 g/mol. The molecule has 0 saturated carbocycles. The van der Waals surface area contributed by atoms with E-state index in [1.165, 1.54) is 0 Å². The van der Waals surface area contributed by atoms with Crippen molar-refractivity contribution in [2.24, 2.45) is 5.92 Å². The molecule has 0 bridgehead atoms. The first-order chi connectivity index (χ1) is 9.50. The minimum Gasteiger partial charge on any atom is -0.481 e. The van der Waals surface area contributed by atoms with Gasteiger partial charge in [0, 0.05) is 32.0 Å². The van der Waals surface area contributed by atoms with Gasteiger partial charge in [-0.15, -0.1) is 0 Å². The van der Waals surface area contributed by atoms with Crippen molar-refractivity contribution in [3.63, 3.8) is 0 Å². The minimum atomic E-state index is -0.840. The summed E-state index contributed by atoms with van der Waals surface area (Å²) in [4.78, 5) is 34.7. The molecule has 7 nitrogen and oxygen atoms in total. The molecule has 2 heterocycles. The summed E-state index contributed by atoms with van der Waals surface area (Å²) in [6, 6.07) is 1.43. The van der Waals surface area contributed by atoms with Crippen LogP contribution in [0.2, 0.25) is 0 Å². The Bertz CT molecular complexity index is 494. The summed E-state index contributed by atoms with van der Waals surface area (Å²) in [6.07, 6.45) is 3.73. The second kappa shape index (κ2) is 5.85. The molecule has 2 unspecified atom stereocenters. The Hall–Kier alpha value is -2.18. The molecule has 0 aromatic carbocycles. The van der Waals surface area contributed by atoms with Gasteiger partial charge in [-0.2, -0.15) is 0 Å². The first-order valence-corrected chi connectivity index (χ1v) is 6.51. The average Bonchev–Trinajstić information content (AvgIpc) is 2.81. The van der Waals surface area contributed by atoms with Crippen LogP contribution in [0.4, 0.5) is 5.95 Å². The number of rotatable bonds is 4. The Kier molecular flexibility index (Phi) is 4.16.